The van der Waals surface area contributed by atoms with E-state index in [0.29, 0.717) is 12.3 Å². The van der Waals surface area contributed by atoms with Crippen LogP contribution < -0.4 is 0 Å². The highest BCUT2D eigenvalue weighted by molar-refractivity contribution is 5.96. The molecule has 0 spiro atoms. The maximum absolute atomic E-state index is 12.1. The molecular weight excluding hydrogens is 234 g/mol. The maximum atomic E-state index is 12.1. The van der Waals surface area contributed by atoms with Gasteiger partial charge in [-0.25, -0.2) is 0 Å². The van der Waals surface area contributed by atoms with Gasteiger partial charge in [-0.15, -0.1) is 0 Å². The number of Topliss-reactive ketones (excluding diaryl/α,β-unsaturated/α-hetero) is 1. The molecule has 0 amide bonds. The number of hydrogen-bond acceptors (Lipinski definition) is 2. The number of carbonyl (C=O) groups is 1. The van der Waals surface area contributed by atoms with Crippen LogP contribution in [0.1, 0.15) is 47.7 Å². The van der Waals surface area contributed by atoms with Crippen LogP contribution in [0.2, 0.25) is 0 Å². The molecule has 2 rings (SSSR count). The lowest BCUT2D eigenvalue weighted by molar-refractivity contribution is 0.0983. The highest BCUT2D eigenvalue weighted by Gasteiger charge is 2.07. The lowest BCUT2D eigenvalue weighted by atomic mass is 9.98. The van der Waals surface area contributed by atoms with E-state index < -0.39 is 0 Å². The molecule has 0 bridgehead atoms. The number of carbonyl (C=O) groups excluding carboxylic acids is 1. The second kappa shape index (κ2) is 6.28. The van der Waals surface area contributed by atoms with Crippen molar-refractivity contribution in [1.82, 2.24) is 4.98 Å². The lowest BCUT2D eigenvalue weighted by Crippen LogP contribution is -2.01. The third kappa shape index (κ3) is 3.75. The Labute approximate surface area is 114 Å². The van der Waals surface area contributed by atoms with E-state index in [1.165, 1.54) is 5.56 Å². The van der Waals surface area contributed by atoms with Gasteiger partial charge in [0.1, 0.15) is 0 Å². The van der Waals surface area contributed by atoms with E-state index >= 15 is 0 Å². The van der Waals surface area contributed by atoms with E-state index in [4.69, 9.17) is 0 Å². The molecule has 0 saturated heterocycles. The molecule has 0 aliphatic rings. The van der Waals surface area contributed by atoms with Gasteiger partial charge in [-0.1, -0.05) is 38.1 Å². The quantitative estimate of drug-likeness (QED) is 0.753. The van der Waals surface area contributed by atoms with Crippen molar-refractivity contribution in [2.24, 2.45) is 0 Å². The zero-order valence-corrected chi connectivity index (χ0v) is 11.5. The average Bonchev–Trinajstić information content (AvgIpc) is 2.46. The standard InChI is InChI=1S/C17H19NO/c1-13(2)15-4-6-16(7-5-15)17(19)8-3-14-9-11-18-12-10-14/h4-7,9-13H,3,8H2,1-2H3. The van der Waals surface area contributed by atoms with Gasteiger partial charge >= 0.3 is 0 Å². The highest BCUT2D eigenvalue weighted by atomic mass is 16.1. The van der Waals surface area contributed by atoms with Crippen molar-refractivity contribution in [1.29, 1.82) is 0 Å². The minimum absolute atomic E-state index is 0.201. The number of aromatic nitrogens is 1. The Morgan fingerprint density at radius 1 is 1.05 bits per heavy atom. The predicted molar refractivity (Wildman–Crippen MR) is 77.4 cm³/mol. The molecule has 0 unspecified atom stereocenters. The van der Waals surface area contributed by atoms with Gasteiger partial charge in [0, 0.05) is 24.4 Å². The molecular formula is C17H19NO. The third-order valence-corrected chi connectivity index (χ3v) is 3.29. The van der Waals surface area contributed by atoms with E-state index in [1.54, 1.807) is 12.4 Å². The normalized spacial score (nSPS) is 10.7. The summed E-state index contributed by atoms with van der Waals surface area (Å²) in [5.74, 6) is 0.702. The van der Waals surface area contributed by atoms with Gasteiger partial charge in [-0.05, 0) is 35.6 Å². The Balaban J connectivity index is 1.96. The molecule has 0 fully saturated rings. The molecule has 0 saturated carbocycles. The summed E-state index contributed by atoms with van der Waals surface area (Å²) in [6.45, 7) is 4.31. The molecule has 0 aliphatic heterocycles. The molecule has 19 heavy (non-hydrogen) atoms. The van der Waals surface area contributed by atoms with Crippen molar-refractivity contribution in [2.75, 3.05) is 0 Å². The van der Waals surface area contributed by atoms with E-state index in [-0.39, 0.29) is 5.78 Å². The first-order valence-electron chi connectivity index (χ1n) is 6.69. The third-order valence-electron chi connectivity index (χ3n) is 3.29. The van der Waals surface area contributed by atoms with Gasteiger partial charge < -0.3 is 0 Å². The zero-order chi connectivity index (χ0) is 13.7. The van der Waals surface area contributed by atoms with Crippen molar-refractivity contribution >= 4 is 5.78 Å². The van der Waals surface area contributed by atoms with Crippen molar-refractivity contribution < 1.29 is 4.79 Å². The predicted octanol–water partition coefficient (Wildman–Crippen LogP) is 4.02. The first-order chi connectivity index (χ1) is 9.16. The Morgan fingerprint density at radius 3 is 2.26 bits per heavy atom. The number of rotatable bonds is 5. The van der Waals surface area contributed by atoms with E-state index in [9.17, 15) is 4.79 Å². The lowest BCUT2D eigenvalue weighted by Gasteiger charge is -2.06. The number of aryl methyl sites for hydroxylation is 1. The number of nitrogens with zero attached hydrogens (tertiary/aromatic N) is 1. The van der Waals surface area contributed by atoms with Gasteiger partial charge in [0.15, 0.2) is 5.78 Å². The van der Waals surface area contributed by atoms with E-state index in [2.05, 4.69) is 18.8 Å². The van der Waals surface area contributed by atoms with Crippen LogP contribution in [0.25, 0.3) is 0 Å². The van der Waals surface area contributed by atoms with Crippen molar-refractivity contribution in [3.8, 4) is 0 Å². The number of ketones is 1. The van der Waals surface area contributed by atoms with Crippen LogP contribution in [0, 0.1) is 0 Å². The molecule has 0 atom stereocenters. The minimum atomic E-state index is 0.201. The molecule has 0 aliphatic carbocycles. The van der Waals surface area contributed by atoms with Crippen LogP contribution in [-0.2, 0) is 6.42 Å². The first-order valence-corrected chi connectivity index (χ1v) is 6.69. The maximum Gasteiger partial charge on any atom is 0.163 e. The van der Waals surface area contributed by atoms with Gasteiger partial charge in [-0.3, -0.25) is 9.78 Å². The van der Waals surface area contributed by atoms with E-state index in [0.717, 1.165) is 17.5 Å². The summed E-state index contributed by atoms with van der Waals surface area (Å²) in [5, 5.41) is 0. The molecule has 98 valence electrons. The molecule has 2 aromatic rings. The average molecular weight is 253 g/mol. The summed E-state index contributed by atoms with van der Waals surface area (Å²) < 4.78 is 0. The van der Waals surface area contributed by atoms with Gasteiger partial charge in [0.25, 0.3) is 0 Å². The molecule has 1 aromatic heterocycles. The number of hydrogen-bond donors (Lipinski definition) is 0. The fourth-order valence-electron chi connectivity index (χ4n) is 2.01. The van der Waals surface area contributed by atoms with Crippen LogP contribution in [0.4, 0.5) is 0 Å². The van der Waals surface area contributed by atoms with Crippen LogP contribution in [0.5, 0.6) is 0 Å². The van der Waals surface area contributed by atoms with Crippen LogP contribution >= 0.6 is 0 Å². The SMILES string of the molecule is CC(C)c1ccc(C(=O)CCc2ccncc2)cc1. The second-order valence-electron chi connectivity index (χ2n) is 5.06. The van der Waals surface area contributed by atoms with Crippen LogP contribution in [0.15, 0.2) is 48.8 Å². The highest BCUT2D eigenvalue weighted by Crippen LogP contribution is 2.16. The van der Waals surface area contributed by atoms with Gasteiger partial charge in [0.2, 0.25) is 0 Å². The van der Waals surface area contributed by atoms with Crippen molar-refractivity contribution in [3.63, 3.8) is 0 Å². The number of benzene rings is 1. The summed E-state index contributed by atoms with van der Waals surface area (Å²) in [6.07, 6.45) is 4.84. The summed E-state index contributed by atoms with van der Waals surface area (Å²) in [5.41, 5.74) is 3.23. The largest absolute Gasteiger partial charge is 0.294 e. The second-order valence-corrected chi connectivity index (χ2v) is 5.06. The van der Waals surface area contributed by atoms with Gasteiger partial charge in [0.05, 0.1) is 0 Å². The summed E-state index contributed by atoms with van der Waals surface area (Å²) in [4.78, 5) is 16.1. The summed E-state index contributed by atoms with van der Waals surface area (Å²) in [6, 6.07) is 11.9. The smallest absolute Gasteiger partial charge is 0.163 e. The molecule has 2 heteroatoms. The Bertz CT molecular complexity index is 529. The summed E-state index contributed by atoms with van der Waals surface area (Å²) in [7, 11) is 0. The zero-order valence-electron chi connectivity index (χ0n) is 11.5. The molecule has 0 N–H and O–H groups in total. The fraction of sp³-hybridized carbons (Fsp3) is 0.294. The number of pyridine rings is 1. The van der Waals surface area contributed by atoms with Gasteiger partial charge in [-0.2, -0.15) is 0 Å². The Kier molecular flexibility index (Phi) is 4.45. The molecule has 2 nitrogen and oxygen atoms in total. The topological polar surface area (TPSA) is 30.0 Å². The molecule has 1 aromatic carbocycles. The van der Waals surface area contributed by atoms with Crippen LogP contribution in [-0.4, -0.2) is 10.8 Å². The Hall–Kier alpha value is -1.96. The van der Waals surface area contributed by atoms with Crippen molar-refractivity contribution in [2.45, 2.75) is 32.6 Å². The summed E-state index contributed by atoms with van der Waals surface area (Å²) >= 11 is 0. The fourth-order valence-corrected chi connectivity index (χ4v) is 2.01. The van der Waals surface area contributed by atoms with E-state index in [1.807, 2.05) is 36.4 Å². The first kappa shape index (κ1) is 13.5. The monoisotopic (exact) mass is 253 g/mol. The Morgan fingerprint density at radius 2 is 1.68 bits per heavy atom. The minimum Gasteiger partial charge on any atom is -0.294 e. The van der Waals surface area contributed by atoms with Crippen LogP contribution in [0.3, 0.4) is 0 Å². The molecule has 0 radical (unpaired) electrons. The van der Waals surface area contributed by atoms with Crippen molar-refractivity contribution in [3.05, 3.63) is 65.5 Å². The molecule has 1 heterocycles.